The van der Waals surface area contributed by atoms with Gasteiger partial charge in [-0.1, -0.05) is 36.7 Å². The van der Waals surface area contributed by atoms with Gasteiger partial charge in [0, 0.05) is 17.9 Å². The third-order valence-electron chi connectivity index (χ3n) is 2.68. The molecule has 1 aliphatic rings. The van der Waals surface area contributed by atoms with Gasteiger partial charge in [-0.3, -0.25) is 4.90 Å². The summed E-state index contributed by atoms with van der Waals surface area (Å²) in [6, 6.07) is 0.575. The standard InChI is InChI=1S/C11H22BrNO/c1-11(2,3)4-5-13-6-7-14-9-10(13)8-12/h10H,4-9H2,1-3H3. The van der Waals surface area contributed by atoms with Crippen molar-refractivity contribution >= 4 is 15.9 Å². The molecule has 1 unspecified atom stereocenters. The predicted octanol–water partition coefficient (Wildman–Crippen LogP) is 2.52. The van der Waals surface area contributed by atoms with E-state index in [2.05, 4.69) is 41.6 Å². The fraction of sp³-hybridized carbons (Fsp3) is 1.00. The van der Waals surface area contributed by atoms with Crippen LogP contribution in [0, 0.1) is 5.41 Å². The molecule has 1 atom stereocenters. The van der Waals surface area contributed by atoms with Gasteiger partial charge in [0.2, 0.25) is 0 Å². The highest BCUT2D eigenvalue weighted by Gasteiger charge is 2.23. The van der Waals surface area contributed by atoms with Gasteiger partial charge in [-0.2, -0.15) is 0 Å². The average molecular weight is 264 g/mol. The van der Waals surface area contributed by atoms with Crippen molar-refractivity contribution in [3.8, 4) is 0 Å². The zero-order chi connectivity index (χ0) is 10.6. The Labute approximate surface area is 96.1 Å². The Morgan fingerprint density at radius 1 is 1.43 bits per heavy atom. The van der Waals surface area contributed by atoms with Crippen LogP contribution in [0.5, 0.6) is 0 Å². The van der Waals surface area contributed by atoms with Gasteiger partial charge < -0.3 is 4.74 Å². The number of ether oxygens (including phenoxy) is 1. The molecule has 0 spiro atoms. The van der Waals surface area contributed by atoms with Crippen LogP contribution in [0.3, 0.4) is 0 Å². The second-order valence-corrected chi connectivity index (χ2v) is 5.88. The van der Waals surface area contributed by atoms with Gasteiger partial charge in [0.1, 0.15) is 0 Å². The summed E-state index contributed by atoms with van der Waals surface area (Å²) in [6.07, 6.45) is 1.26. The van der Waals surface area contributed by atoms with Crippen LogP contribution >= 0.6 is 15.9 Å². The number of hydrogen-bond acceptors (Lipinski definition) is 2. The van der Waals surface area contributed by atoms with Crippen LogP contribution in [-0.2, 0) is 4.74 Å². The molecule has 3 heteroatoms. The lowest BCUT2D eigenvalue weighted by Gasteiger charge is -2.36. The summed E-state index contributed by atoms with van der Waals surface area (Å²) < 4.78 is 5.46. The minimum Gasteiger partial charge on any atom is -0.378 e. The molecule has 1 fully saturated rings. The van der Waals surface area contributed by atoms with Gasteiger partial charge in [-0.25, -0.2) is 0 Å². The molecule has 0 radical (unpaired) electrons. The third kappa shape index (κ3) is 4.28. The molecule has 0 aromatic carbocycles. The van der Waals surface area contributed by atoms with Gasteiger partial charge in [-0.15, -0.1) is 0 Å². The quantitative estimate of drug-likeness (QED) is 0.726. The van der Waals surface area contributed by atoms with Gasteiger partial charge in [0.05, 0.1) is 13.2 Å². The summed E-state index contributed by atoms with van der Waals surface area (Å²) in [7, 11) is 0. The zero-order valence-electron chi connectivity index (χ0n) is 9.55. The second-order valence-electron chi connectivity index (χ2n) is 5.23. The molecule has 84 valence electrons. The van der Waals surface area contributed by atoms with E-state index in [4.69, 9.17) is 4.74 Å². The SMILES string of the molecule is CC(C)(C)CCN1CCOCC1CBr. The van der Waals surface area contributed by atoms with Crippen molar-refractivity contribution in [2.24, 2.45) is 5.41 Å². The van der Waals surface area contributed by atoms with Crippen LogP contribution < -0.4 is 0 Å². The number of rotatable bonds is 3. The molecular formula is C11H22BrNO. The maximum absolute atomic E-state index is 5.46. The maximum Gasteiger partial charge on any atom is 0.0630 e. The Hall–Kier alpha value is 0.400. The van der Waals surface area contributed by atoms with Gasteiger partial charge in [0.25, 0.3) is 0 Å². The van der Waals surface area contributed by atoms with Crippen LogP contribution in [0.2, 0.25) is 0 Å². The first-order valence-electron chi connectivity index (χ1n) is 5.41. The lowest BCUT2D eigenvalue weighted by atomic mass is 9.92. The van der Waals surface area contributed by atoms with E-state index >= 15 is 0 Å². The van der Waals surface area contributed by atoms with Crippen molar-refractivity contribution in [3.63, 3.8) is 0 Å². The molecule has 1 rings (SSSR count). The summed E-state index contributed by atoms with van der Waals surface area (Å²) in [5, 5.41) is 1.02. The van der Waals surface area contributed by atoms with E-state index < -0.39 is 0 Å². The molecule has 0 N–H and O–H groups in total. The Balaban J connectivity index is 2.33. The summed E-state index contributed by atoms with van der Waals surface area (Å²) in [5.41, 5.74) is 0.440. The Morgan fingerprint density at radius 3 is 2.71 bits per heavy atom. The van der Waals surface area contributed by atoms with E-state index in [1.807, 2.05) is 0 Å². The minimum atomic E-state index is 0.440. The van der Waals surface area contributed by atoms with Crippen molar-refractivity contribution < 1.29 is 4.74 Å². The van der Waals surface area contributed by atoms with Crippen LogP contribution in [0.4, 0.5) is 0 Å². The molecule has 1 aliphatic heterocycles. The Bertz CT molecular complexity index is 167. The van der Waals surface area contributed by atoms with Crippen molar-refractivity contribution in [1.29, 1.82) is 0 Å². The Morgan fingerprint density at radius 2 is 2.14 bits per heavy atom. The number of alkyl halides is 1. The maximum atomic E-state index is 5.46. The third-order valence-corrected chi connectivity index (χ3v) is 3.42. The molecule has 2 nitrogen and oxygen atoms in total. The van der Waals surface area contributed by atoms with Crippen molar-refractivity contribution in [2.75, 3.05) is 31.6 Å². The molecular weight excluding hydrogens is 242 g/mol. The summed E-state index contributed by atoms with van der Waals surface area (Å²) in [4.78, 5) is 2.55. The fourth-order valence-electron chi connectivity index (χ4n) is 1.60. The van der Waals surface area contributed by atoms with E-state index in [0.29, 0.717) is 11.5 Å². The molecule has 14 heavy (non-hydrogen) atoms. The van der Waals surface area contributed by atoms with Gasteiger partial charge in [-0.05, 0) is 18.4 Å². The summed E-state index contributed by atoms with van der Waals surface area (Å²) in [5.74, 6) is 0. The number of hydrogen-bond donors (Lipinski definition) is 0. The van der Waals surface area contributed by atoms with E-state index in [1.54, 1.807) is 0 Å². The second kappa shape index (κ2) is 5.47. The molecule has 0 aromatic rings. The largest absolute Gasteiger partial charge is 0.378 e. The number of morpholine rings is 1. The monoisotopic (exact) mass is 263 g/mol. The molecule has 0 bridgehead atoms. The molecule has 1 heterocycles. The Kier molecular flexibility index (Phi) is 4.88. The van der Waals surface area contributed by atoms with Crippen LogP contribution in [0.1, 0.15) is 27.2 Å². The van der Waals surface area contributed by atoms with Crippen molar-refractivity contribution in [3.05, 3.63) is 0 Å². The lowest BCUT2D eigenvalue weighted by Crippen LogP contribution is -2.47. The van der Waals surface area contributed by atoms with Crippen LogP contribution in [0.15, 0.2) is 0 Å². The first-order chi connectivity index (χ1) is 6.53. The van der Waals surface area contributed by atoms with Crippen LogP contribution in [-0.4, -0.2) is 42.6 Å². The van der Waals surface area contributed by atoms with Crippen molar-refractivity contribution in [1.82, 2.24) is 4.90 Å². The smallest absolute Gasteiger partial charge is 0.0630 e. The van der Waals surface area contributed by atoms with Crippen molar-refractivity contribution in [2.45, 2.75) is 33.2 Å². The highest BCUT2D eigenvalue weighted by Crippen LogP contribution is 2.20. The highest BCUT2D eigenvalue weighted by atomic mass is 79.9. The number of nitrogens with zero attached hydrogens (tertiary/aromatic N) is 1. The molecule has 1 saturated heterocycles. The predicted molar refractivity (Wildman–Crippen MR) is 64.0 cm³/mol. The first kappa shape index (κ1) is 12.5. The molecule has 0 aromatic heterocycles. The molecule has 0 amide bonds. The lowest BCUT2D eigenvalue weighted by molar-refractivity contribution is -0.00211. The average Bonchev–Trinajstić information content (AvgIpc) is 2.14. The van der Waals surface area contributed by atoms with E-state index in [9.17, 15) is 0 Å². The topological polar surface area (TPSA) is 12.5 Å². The van der Waals surface area contributed by atoms with E-state index in [-0.39, 0.29) is 0 Å². The zero-order valence-corrected chi connectivity index (χ0v) is 11.1. The summed E-state index contributed by atoms with van der Waals surface area (Å²) >= 11 is 3.55. The van der Waals surface area contributed by atoms with Gasteiger partial charge >= 0.3 is 0 Å². The normalized spacial score (nSPS) is 25.3. The summed E-state index contributed by atoms with van der Waals surface area (Å²) in [6.45, 7) is 11.0. The highest BCUT2D eigenvalue weighted by molar-refractivity contribution is 9.09. The fourth-order valence-corrected chi connectivity index (χ4v) is 2.20. The first-order valence-corrected chi connectivity index (χ1v) is 6.53. The molecule has 0 aliphatic carbocycles. The van der Waals surface area contributed by atoms with Crippen LogP contribution in [0.25, 0.3) is 0 Å². The minimum absolute atomic E-state index is 0.440. The van der Waals surface area contributed by atoms with E-state index in [1.165, 1.54) is 13.0 Å². The number of halogens is 1. The van der Waals surface area contributed by atoms with Gasteiger partial charge in [0.15, 0.2) is 0 Å². The van der Waals surface area contributed by atoms with E-state index in [0.717, 1.165) is 25.1 Å². The molecule has 0 saturated carbocycles.